The molecule has 0 fully saturated rings. The third kappa shape index (κ3) is 1.59. The Balaban J connectivity index is 3.36. The predicted octanol–water partition coefficient (Wildman–Crippen LogP) is 0.565. The van der Waals surface area contributed by atoms with Crippen LogP contribution in [0.2, 0.25) is 0 Å². The molecule has 0 radical (unpaired) electrons. The van der Waals surface area contributed by atoms with Crippen LogP contribution in [0, 0.1) is 10.1 Å². The summed E-state index contributed by atoms with van der Waals surface area (Å²) in [5.74, 6) is 0. The Morgan fingerprint density at radius 3 is 2.25 bits per heavy atom. The second-order valence-corrected chi connectivity index (χ2v) is 3.00. The van der Waals surface area contributed by atoms with Gasteiger partial charge in [0.2, 0.25) is 0 Å². The summed E-state index contributed by atoms with van der Waals surface area (Å²) >= 11 is 0. The van der Waals surface area contributed by atoms with Crippen LogP contribution in [-0.4, -0.2) is 13.3 Å². The molecule has 0 aromatic heterocycles. The van der Waals surface area contributed by atoms with Crippen LogP contribution < -0.4 is 0 Å². The van der Waals surface area contributed by atoms with E-state index in [-0.39, 0.29) is 10.6 Å². The standard InChI is InChI=1S/C6H5NO4S/c8-7(9)5-3-1-2-4-6(5)12(10)11/h1-4,12H. The van der Waals surface area contributed by atoms with Crippen LogP contribution in [-0.2, 0) is 10.7 Å². The van der Waals surface area contributed by atoms with Crippen LogP contribution in [0.15, 0.2) is 29.2 Å². The van der Waals surface area contributed by atoms with Crippen LogP contribution in [0.4, 0.5) is 5.69 Å². The number of thiol groups is 1. The SMILES string of the molecule is O=[N+]([O-])c1ccccc1[SH](=O)=O. The van der Waals surface area contributed by atoms with E-state index in [2.05, 4.69) is 0 Å². The lowest BCUT2D eigenvalue weighted by Crippen LogP contribution is -1.92. The van der Waals surface area contributed by atoms with Gasteiger partial charge in [0.15, 0.2) is 10.7 Å². The van der Waals surface area contributed by atoms with Gasteiger partial charge >= 0.3 is 0 Å². The van der Waals surface area contributed by atoms with Gasteiger partial charge in [-0.05, 0) is 6.07 Å². The molecule has 0 unspecified atom stereocenters. The van der Waals surface area contributed by atoms with Crippen molar-refractivity contribution >= 4 is 16.4 Å². The third-order valence-electron chi connectivity index (χ3n) is 1.28. The molecule has 0 aliphatic carbocycles. The van der Waals surface area contributed by atoms with Gasteiger partial charge < -0.3 is 0 Å². The highest BCUT2D eigenvalue weighted by molar-refractivity contribution is 7.72. The van der Waals surface area contributed by atoms with Crippen molar-refractivity contribution in [1.82, 2.24) is 0 Å². The Kier molecular flexibility index (Phi) is 2.39. The number of nitro benzene ring substituents is 1. The van der Waals surface area contributed by atoms with Crippen molar-refractivity contribution in [2.24, 2.45) is 0 Å². The van der Waals surface area contributed by atoms with Crippen LogP contribution >= 0.6 is 0 Å². The van der Waals surface area contributed by atoms with Gasteiger partial charge in [0.1, 0.15) is 4.90 Å². The molecule has 12 heavy (non-hydrogen) atoms. The van der Waals surface area contributed by atoms with Gasteiger partial charge in [0.05, 0.1) is 4.92 Å². The third-order valence-corrected chi connectivity index (χ3v) is 2.05. The van der Waals surface area contributed by atoms with Crippen molar-refractivity contribution < 1.29 is 13.3 Å². The number of benzene rings is 1. The van der Waals surface area contributed by atoms with Gasteiger partial charge in [-0.3, -0.25) is 10.1 Å². The molecule has 0 bridgehead atoms. The molecule has 5 nitrogen and oxygen atoms in total. The summed E-state index contributed by atoms with van der Waals surface area (Å²) in [7, 11) is -2.89. The number of hydrogen-bond donors (Lipinski definition) is 1. The fourth-order valence-corrected chi connectivity index (χ4v) is 1.32. The average Bonchev–Trinajstić information content (AvgIpc) is 2.04. The lowest BCUT2D eigenvalue weighted by atomic mass is 10.3. The van der Waals surface area contributed by atoms with Crippen molar-refractivity contribution in [3.05, 3.63) is 34.4 Å². The minimum absolute atomic E-state index is 0.252. The summed E-state index contributed by atoms with van der Waals surface area (Å²) in [6, 6.07) is 5.21. The quantitative estimate of drug-likeness (QED) is 0.417. The Morgan fingerprint density at radius 2 is 1.83 bits per heavy atom. The van der Waals surface area contributed by atoms with E-state index in [1.54, 1.807) is 0 Å². The molecule has 1 rings (SSSR count). The van der Waals surface area contributed by atoms with Crippen molar-refractivity contribution in [2.45, 2.75) is 4.90 Å². The summed E-state index contributed by atoms with van der Waals surface area (Å²) in [5, 5.41) is 10.3. The van der Waals surface area contributed by atoms with E-state index in [1.165, 1.54) is 18.2 Å². The van der Waals surface area contributed by atoms with Gasteiger partial charge in [0.25, 0.3) is 5.69 Å². The molecule has 0 saturated carbocycles. The monoisotopic (exact) mass is 187 g/mol. The average molecular weight is 187 g/mol. The number of nitrogens with zero attached hydrogens (tertiary/aromatic N) is 1. The number of para-hydroxylation sites is 1. The van der Waals surface area contributed by atoms with E-state index in [0.717, 1.165) is 6.07 Å². The molecule has 0 amide bonds. The summed E-state index contributed by atoms with van der Waals surface area (Å²) in [4.78, 5) is 9.29. The van der Waals surface area contributed by atoms with Crippen LogP contribution in [0.3, 0.4) is 0 Å². The molecule has 6 heteroatoms. The lowest BCUT2D eigenvalue weighted by molar-refractivity contribution is -0.387. The Morgan fingerprint density at radius 1 is 1.25 bits per heavy atom. The minimum Gasteiger partial charge on any atom is -0.258 e. The second-order valence-electron chi connectivity index (χ2n) is 2.00. The Labute approximate surface area is 69.7 Å². The zero-order valence-electron chi connectivity index (χ0n) is 5.84. The first kappa shape index (κ1) is 8.66. The highest BCUT2D eigenvalue weighted by Gasteiger charge is 2.13. The highest BCUT2D eigenvalue weighted by atomic mass is 32.2. The fraction of sp³-hybridized carbons (Fsp3) is 0. The van der Waals surface area contributed by atoms with Crippen LogP contribution in [0.5, 0.6) is 0 Å². The van der Waals surface area contributed by atoms with Crippen LogP contribution in [0.25, 0.3) is 0 Å². The van der Waals surface area contributed by atoms with E-state index in [9.17, 15) is 18.5 Å². The summed E-state index contributed by atoms with van der Waals surface area (Å²) < 4.78 is 20.9. The van der Waals surface area contributed by atoms with Gasteiger partial charge in [-0.2, -0.15) is 0 Å². The number of hydrogen-bond acceptors (Lipinski definition) is 4. The van der Waals surface area contributed by atoms with Crippen molar-refractivity contribution in [3.63, 3.8) is 0 Å². The first-order valence-electron chi connectivity index (χ1n) is 3.00. The first-order valence-corrected chi connectivity index (χ1v) is 4.18. The van der Waals surface area contributed by atoms with Crippen molar-refractivity contribution in [3.8, 4) is 0 Å². The van der Waals surface area contributed by atoms with E-state index in [1.807, 2.05) is 0 Å². The maximum absolute atomic E-state index is 10.5. The maximum Gasteiger partial charge on any atom is 0.287 e. The molecule has 0 N–H and O–H groups in total. The van der Waals surface area contributed by atoms with E-state index >= 15 is 0 Å². The first-order chi connectivity index (χ1) is 5.63. The van der Waals surface area contributed by atoms with E-state index in [4.69, 9.17) is 0 Å². The lowest BCUT2D eigenvalue weighted by Gasteiger charge is -1.92. The molecular weight excluding hydrogens is 182 g/mol. The Hall–Kier alpha value is -1.43. The fourth-order valence-electron chi connectivity index (χ4n) is 0.773. The molecule has 0 spiro atoms. The molecule has 0 atom stereocenters. The zero-order chi connectivity index (χ0) is 9.14. The topological polar surface area (TPSA) is 77.3 Å². The van der Waals surface area contributed by atoms with E-state index < -0.39 is 15.6 Å². The maximum atomic E-state index is 10.5. The van der Waals surface area contributed by atoms with Gasteiger partial charge in [0, 0.05) is 6.07 Å². The minimum atomic E-state index is -2.89. The predicted molar refractivity (Wildman–Crippen MR) is 41.7 cm³/mol. The molecule has 1 aromatic carbocycles. The van der Waals surface area contributed by atoms with Crippen molar-refractivity contribution in [2.75, 3.05) is 0 Å². The zero-order valence-corrected chi connectivity index (χ0v) is 6.73. The summed E-state index contributed by atoms with van der Waals surface area (Å²) in [6.45, 7) is 0. The van der Waals surface area contributed by atoms with Gasteiger partial charge in [-0.25, -0.2) is 8.42 Å². The van der Waals surface area contributed by atoms with Crippen LogP contribution in [0.1, 0.15) is 0 Å². The molecule has 0 heterocycles. The highest BCUT2D eigenvalue weighted by Crippen LogP contribution is 2.18. The molecule has 0 aliphatic heterocycles. The summed E-state index contributed by atoms with van der Waals surface area (Å²) in [5.41, 5.74) is -0.381. The largest absolute Gasteiger partial charge is 0.287 e. The molecule has 0 aliphatic rings. The summed E-state index contributed by atoms with van der Waals surface area (Å²) in [6.07, 6.45) is 0. The second kappa shape index (κ2) is 3.31. The number of rotatable bonds is 2. The molecule has 0 saturated heterocycles. The Bertz CT molecular complexity index is 377. The van der Waals surface area contributed by atoms with Gasteiger partial charge in [-0.15, -0.1) is 0 Å². The molecule has 64 valence electrons. The molecule has 1 aromatic rings. The molecular formula is C6H5NO4S. The van der Waals surface area contributed by atoms with Crippen molar-refractivity contribution in [1.29, 1.82) is 0 Å². The normalized spacial score (nSPS) is 10.1. The van der Waals surface area contributed by atoms with Gasteiger partial charge in [-0.1, -0.05) is 12.1 Å². The number of nitro groups is 1. The smallest absolute Gasteiger partial charge is 0.258 e. The van der Waals surface area contributed by atoms with E-state index in [0.29, 0.717) is 0 Å².